The van der Waals surface area contributed by atoms with E-state index in [1.807, 2.05) is 6.92 Å². The highest BCUT2D eigenvalue weighted by Crippen LogP contribution is 2.35. The number of halogens is 2. The summed E-state index contributed by atoms with van der Waals surface area (Å²) in [7, 11) is -2.47. The zero-order valence-corrected chi connectivity index (χ0v) is 22.1. The third-order valence-electron chi connectivity index (χ3n) is 6.37. The van der Waals surface area contributed by atoms with Crippen LogP contribution in [-0.2, 0) is 23.2 Å². The first-order valence-corrected chi connectivity index (χ1v) is 13.4. The molecular weight excluding hydrogens is 533 g/mol. The summed E-state index contributed by atoms with van der Waals surface area (Å²) in [6.45, 7) is 1.95. The Morgan fingerprint density at radius 3 is 2.66 bits per heavy atom. The maximum absolute atomic E-state index is 15.4. The number of nitrogens with one attached hydrogen (secondary N) is 1. The predicted molar refractivity (Wildman–Crippen MR) is 142 cm³/mol. The van der Waals surface area contributed by atoms with Crippen LogP contribution in [0, 0.1) is 12.7 Å². The van der Waals surface area contributed by atoms with E-state index in [-0.39, 0.29) is 36.6 Å². The molecule has 12 heteroatoms. The highest BCUT2D eigenvalue weighted by atomic mass is 35.5. The van der Waals surface area contributed by atoms with Gasteiger partial charge in [-0.25, -0.2) is 14.4 Å². The fraction of sp³-hybridized carbons (Fsp3) is 0.192. The lowest BCUT2D eigenvalue weighted by atomic mass is 10.0. The van der Waals surface area contributed by atoms with Gasteiger partial charge in [0.25, 0.3) is 5.56 Å². The number of pyridine rings is 1. The van der Waals surface area contributed by atoms with Gasteiger partial charge in [0.15, 0.2) is 0 Å². The van der Waals surface area contributed by atoms with E-state index >= 15 is 4.39 Å². The SMILES string of the molecule is COc1cc(-c2ccc(Cl)c(C)c2)c(F)cc1-n1c2c(ccc1=O)CN(S(=O)(=O)Nc1ccncn1)CC2. The van der Waals surface area contributed by atoms with Crippen LogP contribution in [0.2, 0.25) is 5.02 Å². The highest BCUT2D eigenvalue weighted by molar-refractivity contribution is 7.90. The Balaban J connectivity index is 1.53. The molecule has 3 heterocycles. The van der Waals surface area contributed by atoms with Gasteiger partial charge in [0.2, 0.25) is 0 Å². The number of hydrogen-bond donors (Lipinski definition) is 1. The van der Waals surface area contributed by atoms with Gasteiger partial charge in [-0.15, -0.1) is 0 Å². The summed E-state index contributed by atoms with van der Waals surface area (Å²) in [6, 6.07) is 12.4. The van der Waals surface area contributed by atoms with Crippen LogP contribution in [0.3, 0.4) is 0 Å². The average molecular weight is 556 g/mol. The Morgan fingerprint density at radius 1 is 1.13 bits per heavy atom. The molecule has 0 aliphatic carbocycles. The molecule has 0 atom stereocenters. The topological polar surface area (TPSA) is 106 Å². The van der Waals surface area contributed by atoms with E-state index in [1.165, 1.54) is 46.7 Å². The lowest BCUT2D eigenvalue weighted by Crippen LogP contribution is -2.41. The average Bonchev–Trinajstić information content (AvgIpc) is 2.90. The van der Waals surface area contributed by atoms with Crippen LogP contribution in [0.15, 0.2) is 65.8 Å². The van der Waals surface area contributed by atoms with Gasteiger partial charge in [-0.3, -0.25) is 14.1 Å². The van der Waals surface area contributed by atoms with Gasteiger partial charge in [-0.1, -0.05) is 23.7 Å². The maximum Gasteiger partial charge on any atom is 0.303 e. The second kappa shape index (κ2) is 10.2. The minimum atomic E-state index is -3.92. The van der Waals surface area contributed by atoms with E-state index in [9.17, 15) is 13.2 Å². The van der Waals surface area contributed by atoms with Gasteiger partial charge in [0, 0.05) is 54.1 Å². The van der Waals surface area contributed by atoms with E-state index < -0.39 is 16.0 Å². The van der Waals surface area contributed by atoms with Crippen molar-refractivity contribution in [2.24, 2.45) is 0 Å². The van der Waals surface area contributed by atoms with Crippen molar-refractivity contribution in [1.82, 2.24) is 18.8 Å². The van der Waals surface area contributed by atoms with E-state index in [0.29, 0.717) is 33.2 Å². The van der Waals surface area contributed by atoms with Gasteiger partial charge < -0.3 is 4.74 Å². The number of nitrogens with zero attached hydrogens (tertiary/aromatic N) is 4. The van der Waals surface area contributed by atoms with Gasteiger partial charge in [0.1, 0.15) is 23.7 Å². The summed E-state index contributed by atoms with van der Waals surface area (Å²) in [5.41, 5.74) is 2.77. The van der Waals surface area contributed by atoms with Gasteiger partial charge in [0.05, 0.1) is 12.8 Å². The van der Waals surface area contributed by atoms with E-state index in [0.717, 1.165) is 5.56 Å². The fourth-order valence-corrected chi connectivity index (χ4v) is 5.74. The molecule has 1 N–H and O–H groups in total. The third-order valence-corrected chi connectivity index (χ3v) is 8.25. The van der Waals surface area contributed by atoms with E-state index in [4.69, 9.17) is 16.3 Å². The molecule has 5 rings (SSSR count). The van der Waals surface area contributed by atoms with Crippen LogP contribution in [0.1, 0.15) is 16.8 Å². The number of methoxy groups -OCH3 is 1. The Labute approximate surface area is 223 Å². The second-order valence-electron chi connectivity index (χ2n) is 8.73. The molecule has 1 aliphatic heterocycles. The lowest BCUT2D eigenvalue weighted by Gasteiger charge is -2.30. The summed E-state index contributed by atoms with van der Waals surface area (Å²) in [5, 5.41) is 0.573. The smallest absolute Gasteiger partial charge is 0.303 e. The Hall–Kier alpha value is -3.80. The fourth-order valence-electron chi connectivity index (χ4n) is 4.47. The number of rotatable bonds is 6. The zero-order chi connectivity index (χ0) is 27.0. The molecule has 4 aromatic rings. The molecule has 0 radical (unpaired) electrons. The molecular formula is C26H23ClFN5O4S. The summed E-state index contributed by atoms with van der Waals surface area (Å²) < 4.78 is 52.0. The third kappa shape index (κ3) is 4.87. The number of anilines is 1. The van der Waals surface area contributed by atoms with E-state index in [2.05, 4.69) is 14.7 Å². The van der Waals surface area contributed by atoms with Crippen molar-refractivity contribution in [2.45, 2.75) is 19.9 Å². The van der Waals surface area contributed by atoms with Crippen molar-refractivity contribution < 1.29 is 17.5 Å². The predicted octanol–water partition coefficient (Wildman–Crippen LogP) is 4.12. The zero-order valence-electron chi connectivity index (χ0n) is 20.5. The van der Waals surface area contributed by atoms with Crippen LogP contribution in [-0.4, -0.2) is 40.9 Å². The number of ether oxygens (including phenoxy) is 1. The van der Waals surface area contributed by atoms with E-state index in [1.54, 1.807) is 30.3 Å². The summed E-state index contributed by atoms with van der Waals surface area (Å²) >= 11 is 6.13. The largest absolute Gasteiger partial charge is 0.495 e. The summed E-state index contributed by atoms with van der Waals surface area (Å²) in [5.74, 6) is -0.0991. The minimum absolute atomic E-state index is 0.0168. The summed E-state index contributed by atoms with van der Waals surface area (Å²) in [6.07, 6.45) is 2.90. The van der Waals surface area contributed by atoms with Crippen molar-refractivity contribution in [1.29, 1.82) is 0 Å². The van der Waals surface area contributed by atoms with Gasteiger partial charge in [-0.05, 0) is 47.9 Å². The van der Waals surface area contributed by atoms with Crippen LogP contribution in [0.4, 0.5) is 10.2 Å². The molecule has 0 saturated carbocycles. The van der Waals surface area contributed by atoms with Gasteiger partial charge in [-0.2, -0.15) is 12.7 Å². The molecule has 0 saturated heterocycles. The molecule has 0 amide bonds. The molecule has 38 heavy (non-hydrogen) atoms. The standard InChI is InChI=1S/C26H23ClFN5O4S/c1-16-11-17(3-5-20(16)27)19-12-24(37-2)23(13-21(19)28)33-22-8-10-32(14-18(22)4-6-26(33)34)38(35,36)31-25-7-9-29-15-30-25/h3-7,9,11-13,15H,8,10,14H2,1-2H3,(H,29,30,31). The number of aromatic nitrogens is 3. The molecule has 0 unspecified atom stereocenters. The molecule has 2 aromatic heterocycles. The number of fused-ring (bicyclic) bond motifs is 1. The highest BCUT2D eigenvalue weighted by Gasteiger charge is 2.30. The molecule has 1 aliphatic rings. The second-order valence-corrected chi connectivity index (χ2v) is 10.8. The number of benzene rings is 2. The minimum Gasteiger partial charge on any atom is -0.495 e. The van der Waals surface area contributed by atoms with Crippen molar-refractivity contribution in [3.8, 4) is 22.6 Å². The van der Waals surface area contributed by atoms with Crippen LogP contribution >= 0.6 is 11.6 Å². The molecule has 0 bridgehead atoms. The van der Waals surface area contributed by atoms with Crippen molar-refractivity contribution in [3.63, 3.8) is 0 Å². The first-order chi connectivity index (χ1) is 18.2. The maximum atomic E-state index is 15.4. The molecule has 2 aromatic carbocycles. The first-order valence-electron chi connectivity index (χ1n) is 11.6. The van der Waals surface area contributed by atoms with Crippen LogP contribution in [0.5, 0.6) is 5.75 Å². The van der Waals surface area contributed by atoms with Crippen molar-refractivity contribution in [2.75, 3.05) is 18.4 Å². The Bertz CT molecular complexity index is 1700. The Kier molecular flexibility index (Phi) is 6.91. The van der Waals surface area contributed by atoms with Gasteiger partial charge >= 0.3 is 10.2 Å². The molecule has 196 valence electrons. The molecule has 0 fully saturated rings. The normalized spacial score (nSPS) is 13.7. The quantitative estimate of drug-likeness (QED) is 0.384. The van der Waals surface area contributed by atoms with Crippen LogP contribution < -0.4 is 15.0 Å². The molecule has 9 nitrogen and oxygen atoms in total. The summed E-state index contributed by atoms with van der Waals surface area (Å²) in [4.78, 5) is 20.7. The van der Waals surface area contributed by atoms with Crippen LogP contribution in [0.25, 0.3) is 16.8 Å². The Morgan fingerprint density at radius 2 is 1.95 bits per heavy atom. The monoisotopic (exact) mass is 555 g/mol. The van der Waals surface area contributed by atoms with Crippen molar-refractivity contribution >= 4 is 27.6 Å². The molecule has 0 spiro atoms. The van der Waals surface area contributed by atoms with Crippen molar-refractivity contribution in [3.05, 3.63) is 99.1 Å². The first kappa shape index (κ1) is 25.8. The lowest BCUT2D eigenvalue weighted by molar-refractivity contribution is 0.385. The number of aryl methyl sites for hydroxylation is 1. The number of hydrogen-bond acceptors (Lipinski definition) is 6.